The average Bonchev–Trinajstić information content (AvgIpc) is 3.24. The zero-order valence-corrected chi connectivity index (χ0v) is 14.1. The van der Waals surface area contributed by atoms with Crippen LogP contribution in [0.2, 0.25) is 0 Å². The van der Waals surface area contributed by atoms with Crippen LogP contribution in [-0.4, -0.2) is 32.8 Å². The number of amides is 1. The van der Waals surface area contributed by atoms with Gasteiger partial charge in [-0.2, -0.15) is 15.3 Å². The minimum Gasteiger partial charge on any atom is -0.353 e. The first kappa shape index (κ1) is 16.6. The minimum absolute atomic E-state index is 0.0876. The molecule has 1 aromatic rings. The molecule has 0 spiro atoms. The smallest absolute Gasteiger partial charge is 0.220 e. The highest BCUT2D eigenvalue weighted by Crippen LogP contribution is 2.37. The van der Waals surface area contributed by atoms with Crippen LogP contribution in [0.25, 0.3) is 0 Å². The molecule has 7 heteroatoms. The number of carbonyl (C=O) groups excluding carboxylic acids is 1. The van der Waals surface area contributed by atoms with Gasteiger partial charge in [0.1, 0.15) is 5.82 Å². The summed E-state index contributed by atoms with van der Waals surface area (Å²) in [7, 11) is 0. The van der Waals surface area contributed by atoms with Gasteiger partial charge in [-0.3, -0.25) is 9.89 Å². The van der Waals surface area contributed by atoms with Crippen LogP contribution < -0.4 is 5.32 Å². The van der Waals surface area contributed by atoms with Gasteiger partial charge in [-0.25, -0.2) is 4.98 Å². The largest absolute Gasteiger partial charge is 0.353 e. The van der Waals surface area contributed by atoms with E-state index in [1.807, 2.05) is 6.92 Å². The Bertz CT molecular complexity index is 644. The zero-order valence-electron chi connectivity index (χ0n) is 14.1. The number of hydrogen-bond acceptors (Lipinski definition) is 5. The maximum Gasteiger partial charge on any atom is 0.220 e. The Hall–Kier alpha value is -2.23. The first-order valence-corrected chi connectivity index (χ1v) is 8.66. The van der Waals surface area contributed by atoms with Crippen molar-refractivity contribution in [1.82, 2.24) is 20.5 Å². The molecule has 2 aliphatic rings. The molecule has 0 bridgehead atoms. The molecular formula is C17H24N6O. The standard InChI is InChI=1S/C17H24N6O/c1-3-4-10-17(22-23-17)11-9-15(24)19-14-7-5-13(6-8-14)16-18-12(2)20-21-16/h1,13-14H,4-11H2,2H3,(H,19,24)(H,18,20,21). The molecule has 0 saturated heterocycles. The second kappa shape index (κ2) is 7.12. The molecule has 0 unspecified atom stereocenters. The van der Waals surface area contributed by atoms with Crippen LogP contribution in [0.1, 0.15) is 68.9 Å². The molecule has 3 rings (SSSR count). The van der Waals surface area contributed by atoms with E-state index in [1.165, 1.54) is 0 Å². The summed E-state index contributed by atoms with van der Waals surface area (Å²) in [6.45, 7) is 1.91. The van der Waals surface area contributed by atoms with Gasteiger partial charge >= 0.3 is 0 Å². The molecule has 0 atom stereocenters. The lowest BCUT2D eigenvalue weighted by molar-refractivity contribution is -0.122. The molecular weight excluding hydrogens is 304 g/mol. The van der Waals surface area contributed by atoms with E-state index in [1.54, 1.807) is 0 Å². The number of aryl methyl sites for hydroxylation is 1. The number of carbonyl (C=O) groups is 1. The molecule has 24 heavy (non-hydrogen) atoms. The normalized spacial score (nSPS) is 24.3. The van der Waals surface area contributed by atoms with E-state index in [0.29, 0.717) is 25.2 Å². The summed E-state index contributed by atoms with van der Waals surface area (Å²) in [5, 5.41) is 18.4. The van der Waals surface area contributed by atoms with Crippen molar-refractivity contribution in [3.63, 3.8) is 0 Å². The molecule has 1 aliphatic carbocycles. The van der Waals surface area contributed by atoms with Crippen molar-refractivity contribution in [2.24, 2.45) is 10.2 Å². The number of nitrogens with zero attached hydrogens (tertiary/aromatic N) is 4. The fourth-order valence-corrected chi connectivity index (χ4v) is 3.32. The monoisotopic (exact) mass is 328 g/mol. The Morgan fingerprint density at radius 2 is 2.08 bits per heavy atom. The van der Waals surface area contributed by atoms with Crippen molar-refractivity contribution >= 4 is 5.91 Å². The lowest BCUT2D eigenvalue weighted by Crippen LogP contribution is -2.37. The van der Waals surface area contributed by atoms with E-state index in [0.717, 1.165) is 43.8 Å². The van der Waals surface area contributed by atoms with E-state index in [4.69, 9.17) is 6.42 Å². The third kappa shape index (κ3) is 4.19. The highest BCUT2D eigenvalue weighted by atomic mass is 16.1. The van der Waals surface area contributed by atoms with Gasteiger partial charge in [0.2, 0.25) is 5.91 Å². The van der Waals surface area contributed by atoms with Crippen molar-refractivity contribution < 1.29 is 4.79 Å². The van der Waals surface area contributed by atoms with Crippen LogP contribution in [0.5, 0.6) is 0 Å². The van der Waals surface area contributed by atoms with Crippen LogP contribution in [0.4, 0.5) is 0 Å². The van der Waals surface area contributed by atoms with Crippen LogP contribution in [-0.2, 0) is 4.79 Å². The van der Waals surface area contributed by atoms with Gasteiger partial charge in [-0.15, -0.1) is 12.3 Å². The number of aromatic nitrogens is 3. The molecule has 2 N–H and O–H groups in total. The molecule has 1 amide bonds. The summed E-state index contributed by atoms with van der Waals surface area (Å²) in [6, 6.07) is 0.253. The Morgan fingerprint density at radius 1 is 1.33 bits per heavy atom. The van der Waals surface area contributed by atoms with Crippen LogP contribution in [0, 0.1) is 19.3 Å². The van der Waals surface area contributed by atoms with Crippen molar-refractivity contribution in [1.29, 1.82) is 0 Å². The van der Waals surface area contributed by atoms with E-state index >= 15 is 0 Å². The van der Waals surface area contributed by atoms with Crippen molar-refractivity contribution in [2.45, 2.75) is 75.9 Å². The minimum atomic E-state index is -0.370. The molecule has 0 aromatic carbocycles. The number of nitrogens with one attached hydrogen (secondary N) is 2. The fraction of sp³-hybridized carbons (Fsp3) is 0.706. The van der Waals surface area contributed by atoms with Gasteiger partial charge in [-0.05, 0) is 32.6 Å². The van der Waals surface area contributed by atoms with Gasteiger partial charge in [0, 0.05) is 37.6 Å². The topological polar surface area (TPSA) is 95.4 Å². The summed E-state index contributed by atoms with van der Waals surface area (Å²) in [4.78, 5) is 16.6. The van der Waals surface area contributed by atoms with Crippen molar-refractivity contribution in [3.05, 3.63) is 11.6 Å². The number of rotatable bonds is 7. The molecule has 2 heterocycles. The van der Waals surface area contributed by atoms with Gasteiger partial charge in [0.15, 0.2) is 11.5 Å². The first-order chi connectivity index (χ1) is 11.6. The number of terminal acetylenes is 1. The van der Waals surface area contributed by atoms with E-state index in [9.17, 15) is 4.79 Å². The van der Waals surface area contributed by atoms with Gasteiger partial charge in [-0.1, -0.05) is 0 Å². The molecule has 1 aliphatic heterocycles. The summed E-state index contributed by atoms with van der Waals surface area (Å²) in [5.74, 6) is 4.86. The summed E-state index contributed by atoms with van der Waals surface area (Å²) < 4.78 is 0. The van der Waals surface area contributed by atoms with E-state index in [-0.39, 0.29) is 17.6 Å². The Balaban J connectivity index is 1.37. The zero-order chi connectivity index (χ0) is 17.0. The number of aromatic amines is 1. The SMILES string of the molecule is C#CCCC1(CCC(=O)NC2CCC(c3n[nH]c(C)n3)CC2)N=N1. The highest BCUT2D eigenvalue weighted by molar-refractivity contribution is 5.76. The average molecular weight is 328 g/mol. The van der Waals surface area contributed by atoms with Gasteiger partial charge in [0.05, 0.1) is 0 Å². The van der Waals surface area contributed by atoms with Crippen LogP contribution in [0.3, 0.4) is 0 Å². The van der Waals surface area contributed by atoms with Crippen LogP contribution >= 0.6 is 0 Å². The van der Waals surface area contributed by atoms with Gasteiger partial charge < -0.3 is 5.32 Å². The summed E-state index contributed by atoms with van der Waals surface area (Å²) >= 11 is 0. The maximum absolute atomic E-state index is 12.1. The Labute approximate surface area is 142 Å². The molecule has 1 fully saturated rings. The quantitative estimate of drug-likeness (QED) is 0.753. The molecule has 7 nitrogen and oxygen atoms in total. The molecule has 1 aromatic heterocycles. The Morgan fingerprint density at radius 3 is 2.67 bits per heavy atom. The Kier molecular flexibility index (Phi) is 4.93. The molecule has 0 radical (unpaired) electrons. The van der Waals surface area contributed by atoms with Gasteiger partial charge in [0.25, 0.3) is 0 Å². The van der Waals surface area contributed by atoms with E-state index in [2.05, 4.69) is 36.6 Å². The third-order valence-corrected chi connectivity index (χ3v) is 4.88. The molecule has 128 valence electrons. The summed E-state index contributed by atoms with van der Waals surface area (Å²) in [5.41, 5.74) is -0.370. The lowest BCUT2D eigenvalue weighted by Gasteiger charge is -2.27. The first-order valence-electron chi connectivity index (χ1n) is 8.66. The summed E-state index contributed by atoms with van der Waals surface area (Å²) in [6.07, 6.45) is 11.8. The predicted octanol–water partition coefficient (Wildman–Crippen LogP) is 2.61. The third-order valence-electron chi connectivity index (χ3n) is 4.88. The maximum atomic E-state index is 12.1. The van der Waals surface area contributed by atoms with Crippen LogP contribution in [0.15, 0.2) is 10.2 Å². The molecule has 1 saturated carbocycles. The number of hydrogen-bond donors (Lipinski definition) is 2. The fourth-order valence-electron chi connectivity index (χ4n) is 3.32. The van der Waals surface area contributed by atoms with Crippen molar-refractivity contribution in [2.75, 3.05) is 0 Å². The van der Waals surface area contributed by atoms with E-state index < -0.39 is 0 Å². The predicted molar refractivity (Wildman–Crippen MR) is 89.1 cm³/mol. The highest BCUT2D eigenvalue weighted by Gasteiger charge is 2.39. The lowest BCUT2D eigenvalue weighted by atomic mass is 9.85. The van der Waals surface area contributed by atoms with Crippen molar-refractivity contribution in [3.8, 4) is 12.3 Å². The number of H-pyrrole nitrogens is 1. The second-order valence-electron chi connectivity index (χ2n) is 6.78. The second-order valence-corrected chi connectivity index (χ2v) is 6.78.